The maximum absolute atomic E-state index is 13.3. The number of rotatable bonds is 2. The lowest BCUT2D eigenvalue weighted by Gasteiger charge is -2.09. The van der Waals surface area contributed by atoms with Gasteiger partial charge in [0.15, 0.2) is 0 Å². The predicted octanol–water partition coefficient (Wildman–Crippen LogP) is 1.83. The Morgan fingerprint density at radius 3 is 2.71 bits per heavy atom. The van der Waals surface area contributed by atoms with Crippen LogP contribution >= 0.6 is 0 Å². The van der Waals surface area contributed by atoms with Gasteiger partial charge in [0.2, 0.25) is 5.95 Å². The van der Waals surface area contributed by atoms with Crippen LogP contribution < -0.4 is 16.8 Å². The van der Waals surface area contributed by atoms with Gasteiger partial charge in [0, 0.05) is 17.3 Å². The molecule has 1 heterocycles. The molecule has 0 spiro atoms. The van der Waals surface area contributed by atoms with Crippen LogP contribution in [-0.4, -0.2) is 9.97 Å². The number of nitrogens with one attached hydrogen (secondary N) is 1. The molecule has 0 aliphatic rings. The molecule has 2 aromatic rings. The van der Waals surface area contributed by atoms with E-state index in [1.807, 2.05) is 0 Å². The standard InChI is InChI=1S/C11H12FN5/c1-6-7(12)3-2-4-8(6)15-10-5-9(13)16-11(14)17-10/h2-5H,1H3,(H5,13,14,15,16,17). The number of nitrogens with two attached hydrogens (primary N) is 2. The summed E-state index contributed by atoms with van der Waals surface area (Å²) in [5.74, 6) is 0.476. The first-order chi connectivity index (χ1) is 8.06. The van der Waals surface area contributed by atoms with Crippen LogP contribution in [0.15, 0.2) is 24.3 Å². The third-order valence-electron chi connectivity index (χ3n) is 2.29. The molecule has 0 amide bonds. The van der Waals surface area contributed by atoms with Gasteiger partial charge in [0.25, 0.3) is 0 Å². The summed E-state index contributed by atoms with van der Waals surface area (Å²) >= 11 is 0. The molecular formula is C11H12FN5. The summed E-state index contributed by atoms with van der Waals surface area (Å²) in [6.07, 6.45) is 0. The minimum Gasteiger partial charge on any atom is -0.383 e. The van der Waals surface area contributed by atoms with Gasteiger partial charge < -0.3 is 16.8 Å². The van der Waals surface area contributed by atoms with E-state index in [1.165, 1.54) is 12.1 Å². The molecular weight excluding hydrogens is 221 g/mol. The highest BCUT2D eigenvalue weighted by Gasteiger charge is 2.05. The van der Waals surface area contributed by atoms with E-state index in [1.54, 1.807) is 19.1 Å². The second-order valence-corrected chi connectivity index (χ2v) is 3.57. The number of anilines is 4. The first kappa shape index (κ1) is 11.1. The van der Waals surface area contributed by atoms with Crippen LogP contribution in [0, 0.1) is 12.7 Å². The molecule has 0 atom stereocenters. The van der Waals surface area contributed by atoms with Crippen LogP contribution in [0.5, 0.6) is 0 Å². The van der Waals surface area contributed by atoms with E-state index >= 15 is 0 Å². The van der Waals surface area contributed by atoms with Crippen LogP contribution in [0.25, 0.3) is 0 Å². The number of nitrogens with zero attached hydrogens (tertiary/aromatic N) is 2. The van der Waals surface area contributed by atoms with Crippen molar-refractivity contribution in [1.82, 2.24) is 9.97 Å². The summed E-state index contributed by atoms with van der Waals surface area (Å²) in [6, 6.07) is 6.27. The van der Waals surface area contributed by atoms with Crippen LogP contribution in [0.3, 0.4) is 0 Å². The van der Waals surface area contributed by atoms with Gasteiger partial charge >= 0.3 is 0 Å². The van der Waals surface area contributed by atoms with Gasteiger partial charge in [-0.1, -0.05) is 6.07 Å². The summed E-state index contributed by atoms with van der Waals surface area (Å²) in [5, 5.41) is 2.94. The number of nitrogen functional groups attached to an aromatic ring is 2. The average molecular weight is 233 g/mol. The fourth-order valence-corrected chi connectivity index (χ4v) is 1.43. The fourth-order valence-electron chi connectivity index (χ4n) is 1.43. The van der Waals surface area contributed by atoms with Gasteiger partial charge in [0.05, 0.1) is 0 Å². The van der Waals surface area contributed by atoms with Crippen LogP contribution in [0.2, 0.25) is 0 Å². The topological polar surface area (TPSA) is 89.8 Å². The molecule has 0 aliphatic heterocycles. The zero-order chi connectivity index (χ0) is 12.4. The minimum atomic E-state index is -0.287. The van der Waals surface area contributed by atoms with Crippen molar-refractivity contribution in [3.8, 4) is 0 Å². The van der Waals surface area contributed by atoms with Crippen molar-refractivity contribution in [1.29, 1.82) is 0 Å². The predicted molar refractivity (Wildman–Crippen MR) is 65.3 cm³/mol. The Labute approximate surface area is 97.7 Å². The molecule has 0 aliphatic carbocycles. The number of halogens is 1. The van der Waals surface area contributed by atoms with Gasteiger partial charge in [-0.15, -0.1) is 0 Å². The highest BCUT2D eigenvalue weighted by Crippen LogP contribution is 2.22. The summed E-state index contributed by atoms with van der Waals surface area (Å²) in [7, 11) is 0. The molecule has 6 heteroatoms. The molecule has 17 heavy (non-hydrogen) atoms. The molecule has 5 nitrogen and oxygen atoms in total. The Kier molecular flexibility index (Phi) is 2.78. The Hall–Kier alpha value is -2.37. The van der Waals surface area contributed by atoms with Crippen LogP contribution in [0.4, 0.5) is 27.7 Å². The highest BCUT2D eigenvalue weighted by atomic mass is 19.1. The zero-order valence-electron chi connectivity index (χ0n) is 9.24. The van der Waals surface area contributed by atoms with E-state index in [9.17, 15) is 4.39 Å². The molecule has 0 saturated carbocycles. The molecule has 0 bridgehead atoms. The third kappa shape index (κ3) is 2.41. The maximum Gasteiger partial charge on any atom is 0.223 e. The Morgan fingerprint density at radius 1 is 1.24 bits per heavy atom. The van der Waals surface area contributed by atoms with Crippen molar-refractivity contribution in [3.63, 3.8) is 0 Å². The van der Waals surface area contributed by atoms with Gasteiger partial charge in [-0.3, -0.25) is 0 Å². The molecule has 0 saturated heterocycles. The normalized spacial score (nSPS) is 10.2. The molecule has 88 valence electrons. The minimum absolute atomic E-state index is 0.0709. The van der Waals surface area contributed by atoms with E-state index in [-0.39, 0.29) is 17.6 Å². The Bertz CT molecular complexity index is 535. The quantitative estimate of drug-likeness (QED) is 0.736. The van der Waals surface area contributed by atoms with E-state index in [0.29, 0.717) is 17.1 Å². The van der Waals surface area contributed by atoms with Gasteiger partial charge in [0.1, 0.15) is 17.5 Å². The zero-order valence-corrected chi connectivity index (χ0v) is 9.24. The van der Waals surface area contributed by atoms with E-state index in [4.69, 9.17) is 11.5 Å². The van der Waals surface area contributed by atoms with Crippen molar-refractivity contribution in [2.45, 2.75) is 6.92 Å². The summed E-state index contributed by atoms with van der Waals surface area (Å²) in [4.78, 5) is 7.70. The number of benzene rings is 1. The van der Waals surface area contributed by atoms with Crippen molar-refractivity contribution < 1.29 is 4.39 Å². The Balaban J connectivity index is 2.34. The van der Waals surface area contributed by atoms with Gasteiger partial charge in [-0.2, -0.15) is 9.97 Å². The Morgan fingerprint density at radius 2 is 2.00 bits per heavy atom. The molecule has 1 aromatic heterocycles. The summed E-state index contributed by atoms with van der Waals surface area (Å²) in [5.41, 5.74) is 12.1. The van der Waals surface area contributed by atoms with Gasteiger partial charge in [-0.05, 0) is 19.1 Å². The molecule has 2 rings (SSSR count). The van der Waals surface area contributed by atoms with Crippen LogP contribution in [-0.2, 0) is 0 Å². The van der Waals surface area contributed by atoms with Crippen molar-refractivity contribution >= 4 is 23.3 Å². The second kappa shape index (κ2) is 4.25. The number of hydrogen-bond acceptors (Lipinski definition) is 5. The lowest BCUT2D eigenvalue weighted by atomic mass is 10.2. The molecule has 1 aromatic carbocycles. The van der Waals surface area contributed by atoms with E-state index < -0.39 is 0 Å². The highest BCUT2D eigenvalue weighted by molar-refractivity contribution is 5.63. The van der Waals surface area contributed by atoms with Crippen molar-refractivity contribution in [2.24, 2.45) is 0 Å². The van der Waals surface area contributed by atoms with E-state index in [0.717, 1.165) is 0 Å². The first-order valence-corrected chi connectivity index (χ1v) is 4.98. The average Bonchev–Trinajstić information content (AvgIpc) is 2.23. The third-order valence-corrected chi connectivity index (χ3v) is 2.29. The molecule has 0 fully saturated rings. The van der Waals surface area contributed by atoms with Gasteiger partial charge in [-0.25, -0.2) is 4.39 Å². The maximum atomic E-state index is 13.3. The fraction of sp³-hybridized carbons (Fsp3) is 0.0909. The SMILES string of the molecule is Cc1c(F)cccc1Nc1cc(N)nc(N)n1. The van der Waals surface area contributed by atoms with Crippen LogP contribution in [0.1, 0.15) is 5.56 Å². The smallest absolute Gasteiger partial charge is 0.223 e. The largest absolute Gasteiger partial charge is 0.383 e. The summed E-state index contributed by atoms with van der Waals surface area (Å²) in [6.45, 7) is 1.67. The number of hydrogen-bond donors (Lipinski definition) is 3. The molecule has 5 N–H and O–H groups in total. The van der Waals surface area contributed by atoms with E-state index in [2.05, 4.69) is 15.3 Å². The number of aromatic nitrogens is 2. The lowest BCUT2D eigenvalue weighted by Crippen LogP contribution is -2.03. The van der Waals surface area contributed by atoms with Crippen molar-refractivity contribution in [3.05, 3.63) is 35.6 Å². The second-order valence-electron chi connectivity index (χ2n) is 3.57. The first-order valence-electron chi connectivity index (χ1n) is 4.98. The lowest BCUT2D eigenvalue weighted by molar-refractivity contribution is 0.619. The monoisotopic (exact) mass is 233 g/mol. The summed E-state index contributed by atoms with van der Waals surface area (Å²) < 4.78 is 13.3. The molecule has 0 unspecified atom stereocenters. The molecule has 0 radical (unpaired) electrons. The van der Waals surface area contributed by atoms with Crippen molar-refractivity contribution in [2.75, 3.05) is 16.8 Å².